The van der Waals surface area contributed by atoms with Gasteiger partial charge in [-0.1, -0.05) is 16.8 Å². The van der Waals surface area contributed by atoms with Crippen molar-refractivity contribution >= 4 is 23.6 Å². The number of hydrogen-bond donors (Lipinski definition) is 0. The van der Waals surface area contributed by atoms with Crippen molar-refractivity contribution in [3.8, 4) is 5.75 Å². The molecule has 2 aromatic rings. The van der Waals surface area contributed by atoms with Crippen LogP contribution >= 0.6 is 11.6 Å². The first-order valence-corrected chi connectivity index (χ1v) is 9.25. The van der Waals surface area contributed by atoms with Gasteiger partial charge in [0.1, 0.15) is 12.4 Å². The molecule has 1 fully saturated rings. The topological polar surface area (TPSA) is 59.8 Å². The largest absolute Gasteiger partial charge is 0.493 e. The number of oxime groups is 1. The van der Waals surface area contributed by atoms with Gasteiger partial charge in [0, 0.05) is 19.0 Å². The van der Waals surface area contributed by atoms with Crippen LogP contribution in [-0.2, 0) is 4.84 Å². The number of benzene rings is 1. The van der Waals surface area contributed by atoms with Crippen molar-refractivity contribution in [2.75, 3.05) is 31.2 Å². The number of aromatic nitrogens is 2. The highest BCUT2D eigenvalue weighted by molar-refractivity contribution is 6.29. The van der Waals surface area contributed by atoms with E-state index in [1.54, 1.807) is 12.3 Å². The molecule has 0 saturated carbocycles. The molecular formula is C19H23ClN4O2. The van der Waals surface area contributed by atoms with Gasteiger partial charge in [0.05, 0.1) is 12.8 Å². The Morgan fingerprint density at radius 3 is 2.81 bits per heavy atom. The summed E-state index contributed by atoms with van der Waals surface area (Å²) in [6, 6.07) is 11.5. The highest BCUT2D eigenvalue weighted by Crippen LogP contribution is 2.23. The first-order chi connectivity index (χ1) is 12.7. The molecule has 1 aromatic carbocycles. The van der Waals surface area contributed by atoms with Crippen LogP contribution in [0.3, 0.4) is 0 Å². The second-order valence-electron chi connectivity index (χ2n) is 6.20. The van der Waals surface area contributed by atoms with Crippen LogP contribution in [0, 0.1) is 5.92 Å². The molecule has 0 amide bonds. The van der Waals surface area contributed by atoms with Gasteiger partial charge in [-0.25, -0.2) is 0 Å². The highest BCUT2D eigenvalue weighted by Gasteiger charge is 2.21. The number of anilines is 1. The van der Waals surface area contributed by atoms with E-state index in [4.69, 9.17) is 21.2 Å². The van der Waals surface area contributed by atoms with Crippen molar-refractivity contribution in [1.82, 2.24) is 10.2 Å². The summed E-state index contributed by atoms with van der Waals surface area (Å²) in [7, 11) is 0. The molecule has 6 nitrogen and oxygen atoms in total. The number of rotatable bonds is 7. The number of piperidine rings is 1. The average Bonchev–Trinajstić information content (AvgIpc) is 2.68. The predicted molar refractivity (Wildman–Crippen MR) is 103 cm³/mol. The lowest BCUT2D eigenvalue weighted by atomic mass is 9.99. The van der Waals surface area contributed by atoms with E-state index in [9.17, 15) is 0 Å². The molecule has 1 aromatic heterocycles. The lowest BCUT2D eigenvalue weighted by Gasteiger charge is -2.33. The first kappa shape index (κ1) is 18.5. The normalized spacial score (nSPS) is 17.5. The Morgan fingerprint density at radius 1 is 1.23 bits per heavy atom. The molecular weight excluding hydrogens is 352 g/mol. The molecule has 26 heavy (non-hydrogen) atoms. The molecule has 1 aliphatic rings. The van der Waals surface area contributed by atoms with Gasteiger partial charge in [-0.15, -0.1) is 10.2 Å². The maximum atomic E-state index is 5.97. The Bertz CT molecular complexity index is 706. The number of ether oxygens (including phenoxy) is 1. The standard InChI is InChI=1S/C19H23ClN4O2/c1-2-26-21-12-15-5-7-17(8-6-15)25-14-16-4-3-11-24(13-16)19-10-9-18(20)22-23-19/h5-10,12,16H,2-4,11,13-14H2,1H3/b21-12+. The fourth-order valence-electron chi connectivity index (χ4n) is 2.92. The monoisotopic (exact) mass is 374 g/mol. The van der Waals surface area contributed by atoms with E-state index in [0.29, 0.717) is 24.3 Å². The maximum absolute atomic E-state index is 5.97. The second-order valence-corrected chi connectivity index (χ2v) is 6.59. The predicted octanol–water partition coefficient (Wildman–Crippen LogP) is 3.80. The van der Waals surface area contributed by atoms with Gasteiger partial charge >= 0.3 is 0 Å². The van der Waals surface area contributed by atoms with Crippen LogP contribution in [-0.4, -0.2) is 42.7 Å². The minimum atomic E-state index is 0.417. The number of hydrogen-bond acceptors (Lipinski definition) is 6. The summed E-state index contributed by atoms with van der Waals surface area (Å²) in [6.45, 7) is 5.05. The fourth-order valence-corrected chi connectivity index (χ4v) is 3.02. The van der Waals surface area contributed by atoms with E-state index in [1.807, 2.05) is 37.3 Å². The summed E-state index contributed by atoms with van der Waals surface area (Å²) in [5.74, 6) is 2.19. The summed E-state index contributed by atoms with van der Waals surface area (Å²) in [6.07, 6.45) is 3.96. The third-order valence-corrected chi connectivity index (χ3v) is 4.43. The molecule has 1 saturated heterocycles. The van der Waals surface area contributed by atoms with Gasteiger partial charge < -0.3 is 14.5 Å². The molecule has 1 unspecified atom stereocenters. The zero-order valence-corrected chi connectivity index (χ0v) is 15.6. The van der Waals surface area contributed by atoms with Crippen LogP contribution in [0.4, 0.5) is 5.82 Å². The van der Waals surface area contributed by atoms with E-state index in [-0.39, 0.29) is 0 Å². The third-order valence-electron chi connectivity index (χ3n) is 4.23. The minimum absolute atomic E-state index is 0.417. The molecule has 0 N–H and O–H groups in total. The smallest absolute Gasteiger partial charge is 0.151 e. The Hall–Kier alpha value is -2.34. The van der Waals surface area contributed by atoms with Gasteiger partial charge in [-0.05, 0) is 61.7 Å². The summed E-state index contributed by atoms with van der Waals surface area (Å²) in [5.41, 5.74) is 0.982. The van der Waals surface area contributed by atoms with E-state index < -0.39 is 0 Å². The molecule has 3 rings (SSSR count). The molecule has 0 radical (unpaired) electrons. The van der Waals surface area contributed by atoms with Crippen molar-refractivity contribution in [1.29, 1.82) is 0 Å². The zero-order valence-electron chi connectivity index (χ0n) is 14.8. The zero-order chi connectivity index (χ0) is 18.2. The molecule has 7 heteroatoms. The van der Waals surface area contributed by atoms with Gasteiger partial charge in [0.2, 0.25) is 0 Å². The summed E-state index contributed by atoms with van der Waals surface area (Å²) in [5, 5.41) is 12.4. The average molecular weight is 375 g/mol. The summed E-state index contributed by atoms with van der Waals surface area (Å²) < 4.78 is 5.97. The summed E-state index contributed by atoms with van der Waals surface area (Å²) >= 11 is 5.82. The number of halogens is 1. The Kier molecular flexibility index (Phi) is 6.66. The van der Waals surface area contributed by atoms with Crippen LogP contribution in [0.2, 0.25) is 5.15 Å². The fraction of sp³-hybridized carbons (Fsp3) is 0.421. The SMILES string of the molecule is CCO/N=C/c1ccc(OCC2CCCN(c3ccc(Cl)nn3)C2)cc1. The molecule has 2 heterocycles. The van der Waals surface area contributed by atoms with Crippen LogP contribution in [0.25, 0.3) is 0 Å². The highest BCUT2D eigenvalue weighted by atomic mass is 35.5. The van der Waals surface area contributed by atoms with Crippen molar-refractivity contribution in [3.05, 3.63) is 47.1 Å². The second kappa shape index (κ2) is 9.38. The van der Waals surface area contributed by atoms with Crippen molar-refractivity contribution in [2.45, 2.75) is 19.8 Å². The van der Waals surface area contributed by atoms with Crippen molar-refractivity contribution in [3.63, 3.8) is 0 Å². The molecule has 1 aliphatic heterocycles. The molecule has 1 atom stereocenters. The van der Waals surface area contributed by atoms with E-state index >= 15 is 0 Å². The van der Waals surface area contributed by atoms with Crippen LogP contribution in [0.15, 0.2) is 41.6 Å². The van der Waals surface area contributed by atoms with Gasteiger partial charge in [-0.2, -0.15) is 0 Å². The molecule has 138 valence electrons. The minimum Gasteiger partial charge on any atom is -0.493 e. The van der Waals surface area contributed by atoms with E-state index in [0.717, 1.165) is 43.1 Å². The third kappa shape index (κ3) is 5.33. The lowest BCUT2D eigenvalue weighted by Crippen LogP contribution is -2.38. The van der Waals surface area contributed by atoms with Gasteiger partial charge in [0.15, 0.2) is 11.0 Å². The van der Waals surface area contributed by atoms with Crippen LogP contribution in [0.1, 0.15) is 25.3 Å². The Balaban J connectivity index is 1.50. The van der Waals surface area contributed by atoms with E-state index in [2.05, 4.69) is 20.3 Å². The van der Waals surface area contributed by atoms with Crippen molar-refractivity contribution in [2.24, 2.45) is 11.1 Å². The lowest BCUT2D eigenvalue weighted by molar-refractivity contribution is 0.160. The Morgan fingerprint density at radius 2 is 2.08 bits per heavy atom. The quantitative estimate of drug-likeness (QED) is 0.545. The summed E-state index contributed by atoms with van der Waals surface area (Å²) in [4.78, 5) is 7.21. The first-order valence-electron chi connectivity index (χ1n) is 8.87. The van der Waals surface area contributed by atoms with Gasteiger partial charge in [0.25, 0.3) is 0 Å². The molecule has 0 spiro atoms. The van der Waals surface area contributed by atoms with Gasteiger partial charge in [-0.3, -0.25) is 0 Å². The maximum Gasteiger partial charge on any atom is 0.151 e. The van der Waals surface area contributed by atoms with E-state index in [1.165, 1.54) is 0 Å². The Labute approximate surface area is 158 Å². The molecule has 0 aliphatic carbocycles. The number of nitrogens with zero attached hydrogens (tertiary/aromatic N) is 4. The van der Waals surface area contributed by atoms with Crippen LogP contribution in [0.5, 0.6) is 5.75 Å². The van der Waals surface area contributed by atoms with Crippen LogP contribution < -0.4 is 9.64 Å². The van der Waals surface area contributed by atoms with Crippen molar-refractivity contribution < 1.29 is 9.57 Å². The molecule has 0 bridgehead atoms.